The van der Waals surface area contributed by atoms with Crippen molar-refractivity contribution in [1.82, 2.24) is 14.7 Å². The molecule has 1 aromatic carbocycles. The molecule has 1 N–H and O–H groups in total. The topological polar surface area (TPSA) is 67.2 Å². The second kappa shape index (κ2) is 9.32. The molecule has 33 heavy (non-hydrogen) atoms. The van der Waals surface area contributed by atoms with Crippen LogP contribution in [0.25, 0.3) is 0 Å². The van der Waals surface area contributed by atoms with Gasteiger partial charge < -0.3 is 10.2 Å². The minimum absolute atomic E-state index is 0.0150. The molecule has 0 bridgehead atoms. The number of nitrogens with zero attached hydrogens (tertiary/aromatic N) is 3. The van der Waals surface area contributed by atoms with Crippen LogP contribution in [0.3, 0.4) is 0 Å². The molecule has 0 aliphatic heterocycles. The summed E-state index contributed by atoms with van der Waals surface area (Å²) < 4.78 is 1.85. The van der Waals surface area contributed by atoms with Crippen molar-refractivity contribution in [2.24, 2.45) is 0 Å². The number of anilines is 1. The fraction of sp³-hybridized carbons (Fsp3) is 0.593. The summed E-state index contributed by atoms with van der Waals surface area (Å²) in [6.45, 7) is 22.7. The van der Waals surface area contributed by atoms with E-state index >= 15 is 0 Å². The number of carbonyl (C=O) groups excluding carboxylic acids is 2. The van der Waals surface area contributed by atoms with Crippen LogP contribution in [0.5, 0.6) is 0 Å². The summed E-state index contributed by atoms with van der Waals surface area (Å²) in [5.41, 5.74) is 2.23. The van der Waals surface area contributed by atoms with Gasteiger partial charge in [-0.15, -0.1) is 0 Å². The largest absolute Gasteiger partial charge is 0.327 e. The van der Waals surface area contributed by atoms with Crippen LogP contribution in [0, 0.1) is 0 Å². The fourth-order valence-electron chi connectivity index (χ4n) is 3.45. The van der Waals surface area contributed by atoms with Gasteiger partial charge in [-0.1, -0.05) is 53.7 Å². The van der Waals surface area contributed by atoms with Gasteiger partial charge in [0.1, 0.15) is 12.4 Å². The fourth-order valence-corrected chi connectivity index (χ4v) is 3.45. The minimum atomic E-state index is -0.297. The van der Waals surface area contributed by atoms with Crippen LogP contribution in [0.2, 0.25) is 0 Å². The first-order chi connectivity index (χ1) is 14.9. The monoisotopic (exact) mass is 454 g/mol. The summed E-state index contributed by atoms with van der Waals surface area (Å²) in [7, 11) is 0. The molecule has 0 saturated heterocycles. The Balaban J connectivity index is 2.25. The molecule has 0 unspecified atom stereocenters. The highest BCUT2D eigenvalue weighted by Crippen LogP contribution is 2.28. The van der Waals surface area contributed by atoms with Crippen LogP contribution < -0.4 is 5.32 Å². The maximum atomic E-state index is 13.2. The molecule has 0 spiro atoms. The maximum absolute atomic E-state index is 13.2. The molecule has 1 heterocycles. The number of aromatic nitrogens is 2. The van der Waals surface area contributed by atoms with Crippen molar-refractivity contribution < 1.29 is 9.59 Å². The summed E-state index contributed by atoms with van der Waals surface area (Å²) in [5, 5.41) is 7.75. The van der Waals surface area contributed by atoms with Crippen molar-refractivity contribution in [3.05, 3.63) is 47.2 Å². The molecule has 0 radical (unpaired) electrons. The van der Waals surface area contributed by atoms with Crippen molar-refractivity contribution in [3.8, 4) is 0 Å². The molecule has 2 aromatic rings. The Kier molecular flexibility index (Phi) is 7.52. The first kappa shape index (κ1) is 26.6. The number of carbonyl (C=O) groups is 2. The summed E-state index contributed by atoms with van der Waals surface area (Å²) in [4.78, 5) is 27.9. The van der Waals surface area contributed by atoms with Crippen LogP contribution in [0.1, 0.15) is 97.8 Å². The number of nitrogens with one attached hydrogen (secondary N) is 1. The highest BCUT2D eigenvalue weighted by atomic mass is 16.2. The number of hydrogen-bond acceptors (Lipinski definition) is 3. The molecule has 0 fully saturated rings. The molecular weight excluding hydrogens is 412 g/mol. The van der Waals surface area contributed by atoms with Gasteiger partial charge in [-0.3, -0.25) is 9.59 Å². The lowest BCUT2D eigenvalue weighted by molar-refractivity contribution is -0.117. The molecule has 1 aromatic heterocycles. The molecule has 2 rings (SSSR count). The van der Waals surface area contributed by atoms with E-state index in [2.05, 4.69) is 46.9 Å². The van der Waals surface area contributed by atoms with Gasteiger partial charge in [0.05, 0.1) is 11.2 Å². The molecule has 6 heteroatoms. The van der Waals surface area contributed by atoms with E-state index in [1.165, 1.54) is 0 Å². The van der Waals surface area contributed by atoms with E-state index in [1.807, 2.05) is 69.6 Å². The second-order valence-electron chi connectivity index (χ2n) is 12.1. The third-order valence-corrected chi connectivity index (χ3v) is 5.58. The molecule has 2 amide bonds. The molecule has 182 valence electrons. The Morgan fingerprint density at radius 2 is 1.48 bits per heavy atom. The lowest BCUT2D eigenvalue weighted by Gasteiger charge is -2.27. The average molecular weight is 455 g/mol. The first-order valence-electron chi connectivity index (χ1n) is 11.7. The highest BCUT2D eigenvalue weighted by molar-refractivity contribution is 5.99. The number of hydrogen-bond donors (Lipinski definition) is 1. The zero-order chi connectivity index (χ0) is 25.4. The zero-order valence-electron chi connectivity index (χ0n) is 22.3. The molecular formula is C27H42N4O2. The molecule has 0 atom stereocenters. The number of amides is 2. The zero-order valence-corrected chi connectivity index (χ0v) is 22.3. The van der Waals surface area contributed by atoms with Crippen molar-refractivity contribution in [3.63, 3.8) is 0 Å². The van der Waals surface area contributed by atoms with Crippen molar-refractivity contribution >= 4 is 17.6 Å². The van der Waals surface area contributed by atoms with Crippen molar-refractivity contribution in [2.75, 3.05) is 11.9 Å². The Bertz CT molecular complexity index is 981. The highest BCUT2D eigenvalue weighted by Gasteiger charge is 2.27. The third kappa shape index (κ3) is 6.68. The van der Waals surface area contributed by atoms with E-state index in [0.717, 1.165) is 11.3 Å². The summed E-state index contributed by atoms with van der Waals surface area (Å²) in [6, 6.07) is 9.48. The predicted octanol–water partition coefficient (Wildman–Crippen LogP) is 5.72. The van der Waals surface area contributed by atoms with E-state index in [4.69, 9.17) is 5.10 Å². The van der Waals surface area contributed by atoms with Gasteiger partial charge in [0.2, 0.25) is 5.91 Å². The van der Waals surface area contributed by atoms with Gasteiger partial charge in [-0.2, -0.15) is 5.10 Å². The van der Waals surface area contributed by atoms with Crippen LogP contribution in [-0.4, -0.2) is 39.1 Å². The summed E-state index contributed by atoms with van der Waals surface area (Å²) in [6.07, 6.45) is 0. The smallest absolute Gasteiger partial charge is 0.254 e. The minimum Gasteiger partial charge on any atom is -0.327 e. The average Bonchev–Trinajstić information content (AvgIpc) is 3.09. The molecule has 6 nitrogen and oxygen atoms in total. The SMILES string of the molecule is CC(C)N(CC(=O)Nc1cc(C(C)(C)C)nn1C(C)(C)C)C(=O)c1ccc(C(C)(C)C)cc1. The Hall–Kier alpha value is -2.63. The maximum Gasteiger partial charge on any atom is 0.254 e. The molecule has 0 saturated carbocycles. The van der Waals surface area contributed by atoms with E-state index in [-0.39, 0.29) is 40.8 Å². The van der Waals surface area contributed by atoms with Crippen LogP contribution in [0.4, 0.5) is 5.82 Å². The Labute approximate surface area is 199 Å². The number of benzene rings is 1. The Morgan fingerprint density at radius 1 is 0.939 bits per heavy atom. The van der Waals surface area contributed by atoms with E-state index in [0.29, 0.717) is 11.4 Å². The quantitative estimate of drug-likeness (QED) is 0.628. The van der Waals surface area contributed by atoms with Gasteiger partial charge in [0.25, 0.3) is 5.91 Å². The van der Waals surface area contributed by atoms with Gasteiger partial charge in [-0.25, -0.2) is 4.68 Å². The van der Waals surface area contributed by atoms with E-state index in [9.17, 15) is 9.59 Å². The first-order valence-corrected chi connectivity index (χ1v) is 11.7. The second-order valence-corrected chi connectivity index (χ2v) is 12.1. The van der Waals surface area contributed by atoms with Crippen molar-refractivity contribution in [1.29, 1.82) is 0 Å². The van der Waals surface area contributed by atoms with Gasteiger partial charge in [0.15, 0.2) is 0 Å². The Morgan fingerprint density at radius 3 is 1.91 bits per heavy atom. The van der Waals surface area contributed by atoms with Crippen LogP contribution in [0.15, 0.2) is 30.3 Å². The summed E-state index contributed by atoms with van der Waals surface area (Å²) >= 11 is 0. The number of rotatable bonds is 5. The van der Waals surface area contributed by atoms with Gasteiger partial charge in [0, 0.05) is 23.1 Å². The lowest BCUT2D eigenvalue weighted by atomic mass is 9.86. The third-order valence-electron chi connectivity index (χ3n) is 5.58. The van der Waals surface area contributed by atoms with Gasteiger partial charge >= 0.3 is 0 Å². The normalized spacial score (nSPS) is 12.7. The van der Waals surface area contributed by atoms with Crippen LogP contribution in [-0.2, 0) is 21.2 Å². The molecule has 0 aliphatic rings. The predicted molar refractivity (Wildman–Crippen MR) is 136 cm³/mol. The van der Waals surface area contributed by atoms with Gasteiger partial charge in [-0.05, 0) is 57.7 Å². The standard InChI is InChI=1S/C27H42N4O2/c1-18(2)30(24(33)19-12-14-20(15-13-19)25(3,4)5)17-23(32)28-22-16-21(26(6,7)8)29-31(22)27(9,10)11/h12-16,18H,17H2,1-11H3,(H,28,32). The lowest BCUT2D eigenvalue weighted by Crippen LogP contribution is -2.42. The van der Waals surface area contributed by atoms with Crippen LogP contribution >= 0.6 is 0 Å². The van der Waals surface area contributed by atoms with E-state index < -0.39 is 0 Å². The van der Waals surface area contributed by atoms with Crippen molar-refractivity contribution in [2.45, 2.75) is 98.6 Å². The molecule has 0 aliphatic carbocycles. The summed E-state index contributed by atoms with van der Waals surface area (Å²) in [5.74, 6) is 0.248. The van der Waals surface area contributed by atoms with E-state index in [1.54, 1.807) is 4.90 Å².